The highest BCUT2D eigenvalue weighted by Gasteiger charge is 2.16. The summed E-state index contributed by atoms with van der Waals surface area (Å²) >= 11 is 0. The summed E-state index contributed by atoms with van der Waals surface area (Å²) in [5.74, 6) is -1.54. The summed E-state index contributed by atoms with van der Waals surface area (Å²) in [6, 6.07) is 7.40. The van der Waals surface area contributed by atoms with E-state index in [4.69, 9.17) is 9.47 Å². The standard InChI is InChI=1S/C16H15NO5/c1-2-21-16(20)13-8-12(5-6-14(13)18)15(19)22-10-11-4-3-7-17-9-11/h3-9,18H,2,10H2,1H3. The number of aromatic nitrogens is 1. The molecule has 0 aliphatic rings. The number of esters is 2. The molecule has 2 aromatic rings. The van der Waals surface area contributed by atoms with E-state index in [1.807, 2.05) is 0 Å². The highest BCUT2D eigenvalue weighted by Crippen LogP contribution is 2.20. The van der Waals surface area contributed by atoms with E-state index in [0.29, 0.717) is 0 Å². The molecule has 1 aromatic heterocycles. The number of pyridine rings is 1. The smallest absolute Gasteiger partial charge is 0.341 e. The first-order valence-electron chi connectivity index (χ1n) is 6.68. The molecule has 0 amide bonds. The Hall–Kier alpha value is -2.89. The summed E-state index contributed by atoms with van der Waals surface area (Å²) in [6.45, 7) is 1.90. The van der Waals surface area contributed by atoms with Crippen LogP contribution in [0.3, 0.4) is 0 Å². The highest BCUT2D eigenvalue weighted by molar-refractivity contribution is 5.97. The van der Waals surface area contributed by atoms with E-state index in [-0.39, 0.29) is 30.1 Å². The first kappa shape index (κ1) is 15.5. The third kappa shape index (κ3) is 3.82. The fourth-order valence-electron chi connectivity index (χ4n) is 1.75. The van der Waals surface area contributed by atoms with Gasteiger partial charge in [-0.2, -0.15) is 0 Å². The third-order valence-corrected chi connectivity index (χ3v) is 2.82. The zero-order chi connectivity index (χ0) is 15.9. The summed E-state index contributed by atoms with van der Waals surface area (Å²) in [5, 5.41) is 9.66. The molecule has 22 heavy (non-hydrogen) atoms. The second-order valence-corrected chi connectivity index (χ2v) is 4.39. The van der Waals surface area contributed by atoms with Crippen LogP contribution >= 0.6 is 0 Å². The Bertz CT molecular complexity index is 669. The summed E-state index contributed by atoms with van der Waals surface area (Å²) in [6.07, 6.45) is 3.21. The number of carbonyl (C=O) groups excluding carboxylic acids is 2. The van der Waals surface area contributed by atoms with E-state index in [1.54, 1.807) is 31.5 Å². The molecule has 114 valence electrons. The minimum atomic E-state index is -0.693. The number of phenols is 1. The summed E-state index contributed by atoms with van der Waals surface area (Å²) in [5.41, 5.74) is 0.836. The van der Waals surface area contributed by atoms with Crippen molar-refractivity contribution in [3.05, 3.63) is 59.4 Å². The van der Waals surface area contributed by atoms with Crippen molar-refractivity contribution in [3.8, 4) is 5.75 Å². The molecule has 0 saturated heterocycles. The molecule has 0 atom stereocenters. The van der Waals surface area contributed by atoms with Gasteiger partial charge in [-0.1, -0.05) is 6.07 Å². The van der Waals surface area contributed by atoms with Gasteiger partial charge in [0.1, 0.15) is 17.9 Å². The summed E-state index contributed by atoms with van der Waals surface area (Å²) < 4.78 is 9.95. The van der Waals surface area contributed by atoms with Crippen LogP contribution < -0.4 is 0 Å². The molecule has 0 aliphatic heterocycles. The van der Waals surface area contributed by atoms with Crippen LogP contribution in [0.5, 0.6) is 5.75 Å². The van der Waals surface area contributed by atoms with Crippen molar-refractivity contribution in [2.45, 2.75) is 13.5 Å². The molecule has 6 nitrogen and oxygen atoms in total. The van der Waals surface area contributed by atoms with Crippen LogP contribution in [0.2, 0.25) is 0 Å². The molecule has 2 rings (SSSR count). The molecular formula is C16H15NO5. The lowest BCUT2D eigenvalue weighted by molar-refractivity contribution is 0.0472. The first-order chi connectivity index (χ1) is 10.6. The van der Waals surface area contributed by atoms with Crippen LogP contribution in [-0.4, -0.2) is 28.6 Å². The maximum absolute atomic E-state index is 12.0. The van der Waals surface area contributed by atoms with E-state index in [2.05, 4.69) is 4.98 Å². The second-order valence-electron chi connectivity index (χ2n) is 4.39. The molecule has 0 aliphatic carbocycles. The van der Waals surface area contributed by atoms with Crippen LogP contribution in [0.25, 0.3) is 0 Å². The maximum atomic E-state index is 12.0. The van der Waals surface area contributed by atoms with Crippen molar-refractivity contribution in [2.24, 2.45) is 0 Å². The van der Waals surface area contributed by atoms with Crippen LogP contribution in [-0.2, 0) is 16.1 Å². The average Bonchev–Trinajstić information content (AvgIpc) is 2.54. The minimum absolute atomic E-state index is 0.0716. The molecule has 1 N–H and O–H groups in total. The summed E-state index contributed by atoms with van der Waals surface area (Å²) in [4.78, 5) is 27.6. The van der Waals surface area contributed by atoms with Gasteiger partial charge in [0.25, 0.3) is 0 Å². The number of hydrogen-bond acceptors (Lipinski definition) is 6. The number of ether oxygens (including phenoxy) is 2. The van der Waals surface area contributed by atoms with E-state index >= 15 is 0 Å². The van der Waals surface area contributed by atoms with E-state index in [9.17, 15) is 14.7 Å². The van der Waals surface area contributed by atoms with E-state index in [0.717, 1.165) is 5.56 Å². The van der Waals surface area contributed by atoms with Gasteiger partial charge in [-0.25, -0.2) is 9.59 Å². The maximum Gasteiger partial charge on any atom is 0.341 e. The zero-order valence-corrected chi connectivity index (χ0v) is 12.0. The van der Waals surface area contributed by atoms with Crippen molar-refractivity contribution in [1.82, 2.24) is 4.98 Å². The Kier molecular flexibility index (Phi) is 5.08. The molecule has 0 radical (unpaired) electrons. The first-order valence-corrected chi connectivity index (χ1v) is 6.68. The van der Waals surface area contributed by atoms with Gasteiger partial charge in [0, 0.05) is 18.0 Å². The SMILES string of the molecule is CCOC(=O)c1cc(C(=O)OCc2cccnc2)ccc1O. The van der Waals surface area contributed by atoms with Crippen LogP contribution in [0.4, 0.5) is 0 Å². The van der Waals surface area contributed by atoms with Crippen LogP contribution in [0.15, 0.2) is 42.7 Å². The van der Waals surface area contributed by atoms with Gasteiger partial charge in [-0.15, -0.1) is 0 Å². The molecule has 0 bridgehead atoms. The van der Waals surface area contributed by atoms with Gasteiger partial charge in [0.05, 0.1) is 12.2 Å². The summed E-state index contributed by atoms with van der Waals surface area (Å²) in [7, 11) is 0. The normalized spacial score (nSPS) is 10.0. The van der Waals surface area contributed by atoms with Crippen LogP contribution in [0.1, 0.15) is 33.2 Å². The minimum Gasteiger partial charge on any atom is -0.507 e. The fraction of sp³-hybridized carbons (Fsp3) is 0.188. The number of carbonyl (C=O) groups is 2. The van der Waals surface area contributed by atoms with Gasteiger partial charge in [-0.05, 0) is 31.2 Å². The Morgan fingerprint density at radius 3 is 2.68 bits per heavy atom. The van der Waals surface area contributed by atoms with Gasteiger partial charge in [0.2, 0.25) is 0 Å². The Balaban J connectivity index is 2.09. The Morgan fingerprint density at radius 1 is 1.18 bits per heavy atom. The van der Waals surface area contributed by atoms with Gasteiger partial charge >= 0.3 is 11.9 Å². The monoisotopic (exact) mass is 301 g/mol. The van der Waals surface area contributed by atoms with E-state index in [1.165, 1.54) is 18.2 Å². The van der Waals surface area contributed by atoms with Gasteiger partial charge < -0.3 is 14.6 Å². The lowest BCUT2D eigenvalue weighted by Crippen LogP contribution is -2.09. The average molecular weight is 301 g/mol. The van der Waals surface area contributed by atoms with Crippen molar-refractivity contribution in [2.75, 3.05) is 6.61 Å². The molecule has 1 heterocycles. The predicted octanol–water partition coefficient (Wildman–Crippen LogP) is 2.32. The third-order valence-electron chi connectivity index (χ3n) is 2.82. The topological polar surface area (TPSA) is 85.7 Å². The predicted molar refractivity (Wildman–Crippen MR) is 77.4 cm³/mol. The van der Waals surface area contributed by atoms with Crippen LogP contribution in [0, 0.1) is 0 Å². The lowest BCUT2D eigenvalue weighted by atomic mass is 10.1. The van der Waals surface area contributed by atoms with E-state index < -0.39 is 11.9 Å². The quantitative estimate of drug-likeness (QED) is 0.853. The van der Waals surface area contributed by atoms with Crippen molar-refractivity contribution in [3.63, 3.8) is 0 Å². The number of nitrogens with zero attached hydrogens (tertiary/aromatic N) is 1. The van der Waals surface area contributed by atoms with Crippen molar-refractivity contribution in [1.29, 1.82) is 0 Å². The molecule has 6 heteroatoms. The molecular weight excluding hydrogens is 286 g/mol. The molecule has 0 fully saturated rings. The fourth-order valence-corrected chi connectivity index (χ4v) is 1.75. The highest BCUT2D eigenvalue weighted by atomic mass is 16.5. The Morgan fingerprint density at radius 2 is 2.00 bits per heavy atom. The Labute approximate surface area is 127 Å². The molecule has 1 aromatic carbocycles. The lowest BCUT2D eigenvalue weighted by Gasteiger charge is -2.08. The number of rotatable bonds is 5. The zero-order valence-electron chi connectivity index (χ0n) is 12.0. The van der Waals surface area contributed by atoms with Gasteiger partial charge in [-0.3, -0.25) is 4.98 Å². The largest absolute Gasteiger partial charge is 0.507 e. The molecule has 0 unspecified atom stereocenters. The van der Waals surface area contributed by atoms with Gasteiger partial charge in [0.15, 0.2) is 0 Å². The number of benzene rings is 1. The van der Waals surface area contributed by atoms with Crippen molar-refractivity contribution < 1.29 is 24.2 Å². The second kappa shape index (κ2) is 7.21. The number of aromatic hydroxyl groups is 1. The molecule has 0 saturated carbocycles. The number of phenolic OH excluding ortho intramolecular Hbond substituents is 1. The van der Waals surface area contributed by atoms with Crippen molar-refractivity contribution >= 4 is 11.9 Å². The molecule has 0 spiro atoms. The number of hydrogen-bond donors (Lipinski definition) is 1.